The van der Waals surface area contributed by atoms with E-state index < -0.39 is 17.6 Å². The summed E-state index contributed by atoms with van der Waals surface area (Å²) in [7, 11) is 0. The highest BCUT2D eigenvalue weighted by Crippen LogP contribution is 2.25. The number of nitrogens with zero attached hydrogens (tertiary/aromatic N) is 1. The van der Waals surface area contributed by atoms with E-state index in [1.54, 1.807) is 0 Å². The number of benzene rings is 1. The zero-order valence-electron chi connectivity index (χ0n) is 11.8. The van der Waals surface area contributed by atoms with Gasteiger partial charge in [-0.15, -0.1) is 0 Å². The van der Waals surface area contributed by atoms with E-state index in [9.17, 15) is 18.4 Å². The van der Waals surface area contributed by atoms with E-state index in [1.165, 1.54) is 29.2 Å². The molecule has 1 aromatic carbocycles. The van der Waals surface area contributed by atoms with Crippen molar-refractivity contribution < 1.29 is 23.5 Å². The highest BCUT2D eigenvalue weighted by atomic mass is 32.2. The first-order chi connectivity index (χ1) is 9.79. The number of hydrogen-bond acceptors (Lipinski definition) is 3. The third-order valence-electron chi connectivity index (χ3n) is 2.53. The fourth-order valence-corrected chi connectivity index (χ4v) is 2.28. The lowest BCUT2D eigenvalue weighted by Gasteiger charge is -2.22. The molecule has 1 aromatic rings. The Kier molecular flexibility index (Phi) is 6.61. The lowest BCUT2D eigenvalue weighted by Crippen LogP contribution is -2.38. The first-order valence-corrected chi connectivity index (χ1v) is 7.23. The number of aliphatic carboxylic acids is 1. The minimum atomic E-state index is -2.52. The predicted molar refractivity (Wildman–Crippen MR) is 76.7 cm³/mol. The van der Waals surface area contributed by atoms with Crippen LogP contribution >= 0.6 is 11.8 Å². The number of carbonyl (C=O) groups excluding carboxylic acids is 1. The standard InChI is InChI=1S/C14H17F2NO3S/c1-9(2)7-17(8-12(18)19)13(20)10-3-5-11(6-4-10)21-14(15)16/h3-6,9,14H,7-8H2,1-2H3,(H,18,19). The number of thioether (sulfide) groups is 1. The van der Waals surface area contributed by atoms with E-state index in [-0.39, 0.29) is 18.0 Å². The molecule has 0 heterocycles. The Balaban J connectivity index is 2.84. The minimum Gasteiger partial charge on any atom is -0.480 e. The van der Waals surface area contributed by atoms with Gasteiger partial charge in [-0.1, -0.05) is 25.6 Å². The van der Waals surface area contributed by atoms with Gasteiger partial charge in [-0.3, -0.25) is 9.59 Å². The molecule has 0 atom stereocenters. The molecular formula is C14H17F2NO3S. The second kappa shape index (κ2) is 7.97. The number of hydrogen-bond donors (Lipinski definition) is 1. The minimum absolute atomic E-state index is 0.127. The van der Waals surface area contributed by atoms with Crippen LogP contribution in [0.1, 0.15) is 24.2 Å². The normalized spacial score (nSPS) is 11.0. The van der Waals surface area contributed by atoms with Crippen LogP contribution in [0.3, 0.4) is 0 Å². The van der Waals surface area contributed by atoms with Crippen molar-refractivity contribution in [2.45, 2.75) is 24.5 Å². The largest absolute Gasteiger partial charge is 0.480 e. The average Bonchev–Trinajstić information content (AvgIpc) is 2.36. The van der Waals surface area contributed by atoms with Crippen LogP contribution in [0.4, 0.5) is 8.78 Å². The number of carboxylic acids is 1. The molecule has 0 bridgehead atoms. The van der Waals surface area contributed by atoms with Gasteiger partial charge >= 0.3 is 5.97 Å². The Morgan fingerprint density at radius 1 is 1.24 bits per heavy atom. The van der Waals surface area contributed by atoms with Crippen molar-refractivity contribution >= 4 is 23.6 Å². The van der Waals surface area contributed by atoms with Crippen molar-refractivity contribution in [1.82, 2.24) is 4.90 Å². The van der Waals surface area contributed by atoms with Gasteiger partial charge in [0.25, 0.3) is 11.7 Å². The molecule has 0 saturated carbocycles. The third-order valence-corrected chi connectivity index (χ3v) is 3.25. The van der Waals surface area contributed by atoms with Gasteiger partial charge in [0.1, 0.15) is 6.54 Å². The van der Waals surface area contributed by atoms with Crippen LogP contribution in [0.5, 0.6) is 0 Å². The van der Waals surface area contributed by atoms with Gasteiger partial charge in [-0.05, 0) is 30.2 Å². The van der Waals surface area contributed by atoms with E-state index in [2.05, 4.69) is 0 Å². The summed E-state index contributed by atoms with van der Waals surface area (Å²) >= 11 is 0.396. The Labute approximate surface area is 126 Å². The molecule has 0 aliphatic carbocycles. The van der Waals surface area contributed by atoms with Gasteiger partial charge in [0.15, 0.2) is 0 Å². The van der Waals surface area contributed by atoms with Crippen LogP contribution in [0.2, 0.25) is 0 Å². The molecule has 116 valence electrons. The molecule has 0 aliphatic rings. The molecule has 0 radical (unpaired) electrons. The molecule has 0 spiro atoms. The molecule has 1 rings (SSSR count). The fourth-order valence-electron chi connectivity index (χ4n) is 1.78. The topological polar surface area (TPSA) is 57.6 Å². The molecule has 0 aliphatic heterocycles. The summed E-state index contributed by atoms with van der Waals surface area (Å²) in [6.07, 6.45) is 0. The Morgan fingerprint density at radius 2 is 1.81 bits per heavy atom. The van der Waals surface area contributed by atoms with Crippen molar-refractivity contribution in [3.05, 3.63) is 29.8 Å². The van der Waals surface area contributed by atoms with Gasteiger partial charge < -0.3 is 10.0 Å². The number of carboxylic acid groups (broad SMARTS) is 1. The summed E-state index contributed by atoms with van der Waals surface area (Å²) in [5.41, 5.74) is 0.288. The Bertz CT molecular complexity index is 491. The number of halogens is 2. The molecular weight excluding hydrogens is 300 g/mol. The van der Waals surface area contributed by atoms with Crippen LogP contribution in [0.25, 0.3) is 0 Å². The van der Waals surface area contributed by atoms with Gasteiger partial charge in [0.05, 0.1) is 0 Å². The van der Waals surface area contributed by atoms with Gasteiger partial charge in [0.2, 0.25) is 0 Å². The van der Waals surface area contributed by atoms with Crippen LogP contribution in [-0.4, -0.2) is 40.7 Å². The molecule has 1 N–H and O–H groups in total. The van der Waals surface area contributed by atoms with Gasteiger partial charge in [-0.25, -0.2) is 0 Å². The number of amides is 1. The van der Waals surface area contributed by atoms with Crippen molar-refractivity contribution in [3.8, 4) is 0 Å². The second-order valence-electron chi connectivity index (χ2n) is 4.88. The highest BCUT2D eigenvalue weighted by molar-refractivity contribution is 7.99. The molecule has 21 heavy (non-hydrogen) atoms. The summed E-state index contributed by atoms with van der Waals surface area (Å²) in [6.45, 7) is 3.69. The summed E-state index contributed by atoms with van der Waals surface area (Å²) in [6, 6.07) is 5.72. The maximum atomic E-state index is 12.3. The zero-order chi connectivity index (χ0) is 16.0. The van der Waals surface area contributed by atoms with E-state index >= 15 is 0 Å². The quantitative estimate of drug-likeness (QED) is 0.785. The molecule has 0 saturated heterocycles. The van der Waals surface area contributed by atoms with Crippen molar-refractivity contribution in [2.24, 2.45) is 5.92 Å². The van der Waals surface area contributed by atoms with Gasteiger partial charge in [0, 0.05) is 17.0 Å². The van der Waals surface area contributed by atoms with Crippen LogP contribution < -0.4 is 0 Å². The summed E-state index contributed by atoms with van der Waals surface area (Å²) in [5.74, 6) is -3.90. The van der Waals surface area contributed by atoms with E-state index in [1.807, 2.05) is 13.8 Å². The van der Waals surface area contributed by atoms with E-state index in [0.29, 0.717) is 23.2 Å². The fraction of sp³-hybridized carbons (Fsp3) is 0.429. The van der Waals surface area contributed by atoms with Crippen LogP contribution in [0.15, 0.2) is 29.2 Å². The van der Waals surface area contributed by atoms with Crippen LogP contribution in [0, 0.1) is 5.92 Å². The average molecular weight is 317 g/mol. The summed E-state index contributed by atoms with van der Waals surface area (Å²) in [5, 5.41) is 8.86. The van der Waals surface area contributed by atoms with Gasteiger partial charge in [-0.2, -0.15) is 8.78 Å². The maximum Gasteiger partial charge on any atom is 0.323 e. The summed E-state index contributed by atoms with van der Waals surface area (Å²) in [4.78, 5) is 24.7. The first-order valence-electron chi connectivity index (χ1n) is 6.35. The molecule has 0 unspecified atom stereocenters. The smallest absolute Gasteiger partial charge is 0.323 e. The Morgan fingerprint density at radius 3 is 2.24 bits per heavy atom. The molecule has 0 aromatic heterocycles. The van der Waals surface area contributed by atoms with Crippen molar-refractivity contribution in [1.29, 1.82) is 0 Å². The van der Waals surface area contributed by atoms with Crippen molar-refractivity contribution in [3.63, 3.8) is 0 Å². The maximum absolute atomic E-state index is 12.3. The number of alkyl halides is 2. The zero-order valence-corrected chi connectivity index (χ0v) is 12.6. The molecule has 7 heteroatoms. The van der Waals surface area contributed by atoms with Crippen LogP contribution in [-0.2, 0) is 4.79 Å². The SMILES string of the molecule is CC(C)CN(CC(=O)O)C(=O)c1ccc(SC(F)F)cc1. The van der Waals surface area contributed by atoms with E-state index in [4.69, 9.17) is 5.11 Å². The van der Waals surface area contributed by atoms with E-state index in [0.717, 1.165) is 0 Å². The number of rotatable bonds is 7. The lowest BCUT2D eigenvalue weighted by atomic mass is 10.1. The Hall–Kier alpha value is -1.63. The summed E-state index contributed by atoms with van der Waals surface area (Å²) < 4.78 is 24.4. The number of carbonyl (C=O) groups is 2. The highest BCUT2D eigenvalue weighted by Gasteiger charge is 2.19. The third kappa shape index (κ3) is 6.12. The predicted octanol–water partition coefficient (Wildman–Crippen LogP) is 3.18. The molecule has 0 fully saturated rings. The molecule has 4 nitrogen and oxygen atoms in total. The first kappa shape index (κ1) is 17.4. The lowest BCUT2D eigenvalue weighted by molar-refractivity contribution is -0.137. The monoisotopic (exact) mass is 317 g/mol. The van der Waals surface area contributed by atoms with Crippen molar-refractivity contribution in [2.75, 3.05) is 13.1 Å². The molecule has 1 amide bonds. The second-order valence-corrected chi connectivity index (χ2v) is 5.94.